The van der Waals surface area contributed by atoms with Crippen LogP contribution in [0.3, 0.4) is 0 Å². The molecule has 0 radical (unpaired) electrons. The zero-order valence-corrected chi connectivity index (χ0v) is 11.2. The van der Waals surface area contributed by atoms with E-state index in [1.54, 1.807) is 24.3 Å². The first-order chi connectivity index (χ1) is 9.38. The minimum atomic E-state index is 0.107. The average molecular weight is 270 g/mol. The minimum absolute atomic E-state index is 0.107. The van der Waals surface area contributed by atoms with Crippen molar-refractivity contribution in [2.45, 2.75) is 17.2 Å². The summed E-state index contributed by atoms with van der Waals surface area (Å²) < 4.78 is 0. The van der Waals surface area contributed by atoms with Gasteiger partial charge in [-0.2, -0.15) is 0 Å². The van der Waals surface area contributed by atoms with Crippen LogP contribution in [0.1, 0.15) is 17.5 Å². The molecule has 0 aliphatic heterocycles. The first-order valence-electron chi connectivity index (χ1n) is 5.96. The molecule has 1 aromatic heterocycles. The second-order valence-corrected chi connectivity index (χ2v) is 4.81. The highest BCUT2D eigenvalue weighted by Gasteiger charge is 1.98. The molecule has 4 heteroatoms. The van der Waals surface area contributed by atoms with Crippen LogP contribution in [0.15, 0.2) is 47.9 Å². The molecule has 0 saturated carbocycles. The van der Waals surface area contributed by atoms with Crippen LogP contribution in [-0.4, -0.2) is 21.7 Å². The maximum atomic E-state index is 8.69. The lowest BCUT2D eigenvalue weighted by Gasteiger charge is -2.01. The molecule has 0 saturated heterocycles. The number of benzene rings is 1. The molecule has 0 aliphatic rings. The smallest absolute Gasteiger partial charge is 0.116 e. The largest absolute Gasteiger partial charge is 0.395 e. The number of hydrogen-bond donors (Lipinski definition) is 1. The Kier molecular flexibility index (Phi) is 5.42. The molecule has 1 aromatic carbocycles. The molecule has 96 valence electrons. The molecule has 3 nitrogen and oxygen atoms in total. The Bertz CT molecular complexity index is 575. The number of aliphatic hydroxyl groups excluding tert-OH is 1. The van der Waals surface area contributed by atoms with Crippen molar-refractivity contribution in [2.75, 3.05) is 6.61 Å². The van der Waals surface area contributed by atoms with Crippen molar-refractivity contribution >= 4 is 11.8 Å². The van der Waals surface area contributed by atoms with E-state index in [-0.39, 0.29) is 6.61 Å². The molecule has 0 fully saturated rings. The molecule has 0 bridgehead atoms. The minimum Gasteiger partial charge on any atom is -0.395 e. The topological polar surface area (TPSA) is 46.0 Å². The molecular weight excluding hydrogens is 256 g/mol. The van der Waals surface area contributed by atoms with Crippen LogP contribution in [0, 0.1) is 11.8 Å². The second-order valence-electron chi connectivity index (χ2n) is 3.81. The molecular formula is C15H14N2OS. The van der Waals surface area contributed by atoms with Crippen LogP contribution in [0.2, 0.25) is 0 Å². The van der Waals surface area contributed by atoms with Crippen LogP contribution in [0.4, 0.5) is 0 Å². The fourth-order valence-electron chi connectivity index (χ4n) is 1.48. The summed E-state index contributed by atoms with van der Waals surface area (Å²) >= 11 is 1.67. The van der Waals surface area contributed by atoms with E-state index in [1.807, 2.05) is 18.2 Å². The number of aromatic nitrogens is 2. The first-order valence-corrected chi connectivity index (χ1v) is 6.94. The maximum absolute atomic E-state index is 8.69. The van der Waals surface area contributed by atoms with E-state index in [2.05, 4.69) is 33.9 Å². The Hall–Kier alpha value is -1.83. The zero-order chi connectivity index (χ0) is 13.3. The summed E-state index contributed by atoms with van der Waals surface area (Å²) in [5, 5.41) is 9.66. The quantitative estimate of drug-likeness (QED) is 0.527. The maximum Gasteiger partial charge on any atom is 0.116 e. The Morgan fingerprint density at radius 1 is 1.26 bits per heavy atom. The van der Waals surface area contributed by atoms with Crippen molar-refractivity contribution in [1.82, 2.24) is 9.97 Å². The summed E-state index contributed by atoms with van der Waals surface area (Å²) in [6, 6.07) is 10.0. The predicted molar refractivity (Wildman–Crippen MR) is 76.6 cm³/mol. The summed E-state index contributed by atoms with van der Waals surface area (Å²) in [6.07, 6.45) is 3.81. The Labute approximate surface area is 117 Å². The van der Waals surface area contributed by atoms with Gasteiger partial charge in [0.1, 0.15) is 6.33 Å². The van der Waals surface area contributed by atoms with Crippen LogP contribution in [0.5, 0.6) is 0 Å². The SMILES string of the molecule is OCCC#Cc1cccc(CSc2ccncn2)c1. The third-order valence-electron chi connectivity index (χ3n) is 2.34. The van der Waals surface area contributed by atoms with Crippen LogP contribution in [0.25, 0.3) is 0 Å². The van der Waals surface area contributed by atoms with E-state index in [0.29, 0.717) is 6.42 Å². The number of rotatable bonds is 4. The second kappa shape index (κ2) is 7.57. The molecule has 0 spiro atoms. The van der Waals surface area contributed by atoms with E-state index >= 15 is 0 Å². The van der Waals surface area contributed by atoms with E-state index in [1.165, 1.54) is 5.56 Å². The molecule has 2 rings (SSSR count). The van der Waals surface area contributed by atoms with E-state index < -0.39 is 0 Å². The molecule has 19 heavy (non-hydrogen) atoms. The highest BCUT2D eigenvalue weighted by molar-refractivity contribution is 7.98. The van der Waals surface area contributed by atoms with Gasteiger partial charge < -0.3 is 5.11 Å². The van der Waals surface area contributed by atoms with E-state index in [9.17, 15) is 0 Å². The zero-order valence-electron chi connectivity index (χ0n) is 10.4. The van der Waals surface area contributed by atoms with Gasteiger partial charge in [0.15, 0.2) is 0 Å². The molecule has 1 heterocycles. The first kappa shape index (κ1) is 13.6. The van der Waals surface area contributed by atoms with Gasteiger partial charge >= 0.3 is 0 Å². The van der Waals surface area contributed by atoms with Crippen molar-refractivity contribution in [2.24, 2.45) is 0 Å². The van der Waals surface area contributed by atoms with Crippen molar-refractivity contribution < 1.29 is 5.11 Å². The van der Waals surface area contributed by atoms with Gasteiger partial charge in [0.05, 0.1) is 11.6 Å². The lowest BCUT2D eigenvalue weighted by Crippen LogP contribution is -1.85. The normalized spacial score (nSPS) is 9.74. The fraction of sp³-hybridized carbons (Fsp3) is 0.200. The van der Waals surface area contributed by atoms with Gasteiger partial charge in [-0.15, -0.1) is 11.8 Å². The van der Waals surface area contributed by atoms with Crippen molar-refractivity contribution in [3.63, 3.8) is 0 Å². The molecule has 0 amide bonds. The number of thioether (sulfide) groups is 1. The van der Waals surface area contributed by atoms with Crippen molar-refractivity contribution in [3.8, 4) is 11.8 Å². The monoisotopic (exact) mass is 270 g/mol. The van der Waals surface area contributed by atoms with Gasteiger partial charge in [-0.3, -0.25) is 0 Å². The summed E-state index contributed by atoms with van der Waals surface area (Å²) in [5.41, 5.74) is 2.19. The van der Waals surface area contributed by atoms with Crippen molar-refractivity contribution in [1.29, 1.82) is 0 Å². The number of nitrogens with zero attached hydrogens (tertiary/aromatic N) is 2. The fourth-order valence-corrected chi connectivity index (χ4v) is 2.25. The summed E-state index contributed by atoms with van der Waals surface area (Å²) in [5.74, 6) is 6.82. The predicted octanol–water partition coefficient (Wildman–Crippen LogP) is 2.50. The highest BCUT2D eigenvalue weighted by atomic mass is 32.2. The summed E-state index contributed by atoms with van der Waals surface area (Å²) in [6.45, 7) is 0.107. The molecule has 0 unspecified atom stereocenters. The van der Waals surface area contributed by atoms with E-state index in [0.717, 1.165) is 16.3 Å². The van der Waals surface area contributed by atoms with Gasteiger partial charge in [-0.25, -0.2) is 9.97 Å². The molecule has 1 N–H and O–H groups in total. The summed E-state index contributed by atoms with van der Waals surface area (Å²) in [4.78, 5) is 8.07. The Balaban J connectivity index is 1.98. The third-order valence-corrected chi connectivity index (χ3v) is 3.35. The van der Waals surface area contributed by atoms with Crippen LogP contribution in [-0.2, 0) is 5.75 Å². The average Bonchev–Trinajstić information content (AvgIpc) is 2.47. The van der Waals surface area contributed by atoms with E-state index in [4.69, 9.17) is 5.11 Å². The third kappa shape index (κ3) is 4.74. The Morgan fingerprint density at radius 2 is 2.21 bits per heavy atom. The van der Waals surface area contributed by atoms with Crippen LogP contribution >= 0.6 is 11.8 Å². The van der Waals surface area contributed by atoms with Gasteiger partial charge in [-0.05, 0) is 23.8 Å². The van der Waals surface area contributed by atoms with Gasteiger partial charge in [0.25, 0.3) is 0 Å². The Morgan fingerprint density at radius 3 is 3.00 bits per heavy atom. The number of hydrogen-bond acceptors (Lipinski definition) is 4. The molecule has 2 aromatic rings. The molecule has 0 aliphatic carbocycles. The van der Waals surface area contributed by atoms with Gasteiger partial charge in [0, 0.05) is 23.9 Å². The standard InChI is InChI=1S/C15H14N2OS/c18-9-2-1-4-13-5-3-6-14(10-13)11-19-15-7-8-16-12-17-15/h3,5-8,10,12,18H,2,9,11H2. The van der Waals surface area contributed by atoms with Gasteiger partial charge in [0.2, 0.25) is 0 Å². The van der Waals surface area contributed by atoms with Crippen molar-refractivity contribution in [3.05, 3.63) is 54.0 Å². The highest BCUT2D eigenvalue weighted by Crippen LogP contribution is 2.20. The molecule has 0 atom stereocenters. The lowest BCUT2D eigenvalue weighted by molar-refractivity contribution is 0.305. The van der Waals surface area contributed by atoms with Gasteiger partial charge in [-0.1, -0.05) is 24.0 Å². The number of aliphatic hydroxyl groups is 1. The lowest BCUT2D eigenvalue weighted by atomic mass is 10.1. The van der Waals surface area contributed by atoms with Crippen LogP contribution < -0.4 is 0 Å². The summed E-state index contributed by atoms with van der Waals surface area (Å²) in [7, 11) is 0.